The van der Waals surface area contributed by atoms with Gasteiger partial charge in [0.25, 0.3) is 10.0 Å². The van der Waals surface area contributed by atoms with Crippen molar-refractivity contribution in [2.24, 2.45) is 0 Å². The minimum absolute atomic E-state index is 0.0727. The Morgan fingerprint density at radius 3 is 2.48 bits per heavy atom. The molecule has 1 aromatic heterocycles. The van der Waals surface area contributed by atoms with Gasteiger partial charge in [0.05, 0.1) is 24.1 Å². The Hall–Kier alpha value is -3.23. The molecule has 5 nitrogen and oxygen atoms in total. The van der Waals surface area contributed by atoms with Gasteiger partial charge in [0.2, 0.25) is 0 Å². The summed E-state index contributed by atoms with van der Waals surface area (Å²) in [5, 5.41) is 0.397. The predicted molar refractivity (Wildman–Crippen MR) is 128 cm³/mol. The molecule has 0 atom stereocenters. The summed E-state index contributed by atoms with van der Waals surface area (Å²) in [7, 11) is -3.86. The third-order valence-electron chi connectivity index (χ3n) is 5.49. The van der Waals surface area contributed by atoms with Crippen LogP contribution in [0.3, 0.4) is 0 Å². The fourth-order valence-corrected chi connectivity index (χ4v) is 6.09. The monoisotopic (exact) mass is 477 g/mol. The standard InChI is InChI=1S/C25H20FN3O2S2/c1-17-10-12-18(13-11-17)15-29-22-9-5-3-7-20(22)24-23(33(29,30)31)14-27-25(28-24)32-16-19-6-2-4-8-21(19)26/h2-14H,15-16H2,1H3. The summed E-state index contributed by atoms with van der Waals surface area (Å²) >= 11 is 1.27. The molecule has 166 valence electrons. The van der Waals surface area contributed by atoms with Gasteiger partial charge in [-0.2, -0.15) is 0 Å². The van der Waals surface area contributed by atoms with Crippen LogP contribution in [0.1, 0.15) is 16.7 Å². The number of rotatable bonds is 5. The zero-order chi connectivity index (χ0) is 23.0. The number of thioether (sulfide) groups is 1. The molecule has 0 fully saturated rings. The molecule has 1 aliphatic rings. The summed E-state index contributed by atoms with van der Waals surface area (Å²) in [6, 6.07) is 21.7. The highest BCUT2D eigenvalue weighted by molar-refractivity contribution is 7.98. The molecular formula is C25H20FN3O2S2. The zero-order valence-corrected chi connectivity index (χ0v) is 19.4. The molecule has 1 aliphatic heterocycles. The maximum atomic E-state index is 14.0. The average Bonchev–Trinajstić information content (AvgIpc) is 2.82. The highest BCUT2D eigenvalue weighted by Gasteiger charge is 2.36. The second-order valence-electron chi connectivity index (χ2n) is 7.76. The maximum absolute atomic E-state index is 14.0. The van der Waals surface area contributed by atoms with E-state index in [1.165, 1.54) is 28.3 Å². The first-order valence-corrected chi connectivity index (χ1v) is 12.8. The van der Waals surface area contributed by atoms with Crippen LogP contribution in [0.15, 0.2) is 89.0 Å². The molecule has 0 saturated heterocycles. The van der Waals surface area contributed by atoms with Crippen LogP contribution in [0.4, 0.5) is 10.1 Å². The van der Waals surface area contributed by atoms with E-state index in [2.05, 4.69) is 9.97 Å². The van der Waals surface area contributed by atoms with Crippen molar-refractivity contribution in [3.63, 3.8) is 0 Å². The normalized spacial score (nSPS) is 13.9. The minimum Gasteiger partial charge on any atom is -0.261 e. The second kappa shape index (κ2) is 8.61. The number of hydrogen-bond acceptors (Lipinski definition) is 5. The van der Waals surface area contributed by atoms with Crippen LogP contribution < -0.4 is 4.31 Å². The van der Waals surface area contributed by atoms with Crippen LogP contribution in [0.2, 0.25) is 0 Å². The number of aryl methyl sites for hydroxylation is 1. The molecule has 33 heavy (non-hydrogen) atoms. The van der Waals surface area contributed by atoms with E-state index in [1.807, 2.05) is 49.4 Å². The maximum Gasteiger partial charge on any atom is 0.268 e. The Bertz CT molecular complexity index is 1440. The number of para-hydroxylation sites is 1. The first-order valence-electron chi connectivity index (χ1n) is 10.3. The molecule has 5 rings (SSSR count). The van der Waals surface area contributed by atoms with Gasteiger partial charge in [0.15, 0.2) is 5.16 Å². The number of halogens is 1. The summed E-state index contributed by atoms with van der Waals surface area (Å²) in [6.07, 6.45) is 1.36. The topological polar surface area (TPSA) is 63.2 Å². The molecule has 2 heterocycles. The van der Waals surface area contributed by atoms with Gasteiger partial charge in [-0.3, -0.25) is 4.31 Å². The molecule has 0 amide bonds. The number of anilines is 1. The largest absolute Gasteiger partial charge is 0.268 e. The SMILES string of the molecule is Cc1ccc(CN2c3ccccc3-c3nc(SCc4ccccc4F)ncc3S2(=O)=O)cc1. The number of benzene rings is 3. The quantitative estimate of drug-likeness (QED) is 0.277. The minimum atomic E-state index is -3.86. The van der Waals surface area contributed by atoms with Crippen molar-refractivity contribution in [1.82, 2.24) is 9.97 Å². The fraction of sp³-hybridized carbons (Fsp3) is 0.120. The van der Waals surface area contributed by atoms with E-state index in [4.69, 9.17) is 0 Å². The predicted octanol–water partition coefficient (Wildman–Crippen LogP) is 5.59. The van der Waals surface area contributed by atoms with E-state index in [-0.39, 0.29) is 17.3 Å². The van der Waals surface area contributed by atoms with Gasteiger partial charge in [-0.1, -0.05) is 78.0 Å². The van der Waals surface area contributed by atoms with Gasteiger partial charge < -0.3 is 0 Å². The molecule has 8 heteroatoms. The molecule has 0 N–H and O–H groups in total. The summed E-state index contributed by atoms with van der Waals surface area (Å²) in [4.78, 5) is 8.93. The molecule has 0 saturated carbocycles. The molecular weight excluding hydrogens is 457 g/mol. The Kier molecular flexibility index (Phi) is 5.64. The number of nitrogens with zero attached hydrogens (tertiary/aromatic N) is 3. The van der Waals surface area contributed by atoms with E-state index < -0.39 is 10.0 Å². The number of fused-ring (bicyclic) bond motifs is 3. The van der Waals surface area contributed by atoms with Crippen molar-refractivity contribution in [2.75, 3.05) is 4.31 Å². The Morgan fingerprint density at radius 2 is 1.70 bits per heavy atom. The summed E-state index contributed by atoms with van der Waals surface area (Å²) < 4.78 is 42.5. The van der Waals surface area contributed by atoms with Gasteiger partial charge in [0, 0.05) is 11.3 Å². The lowest BCUT2D eigenvalue weighted by Crippen LogP contribution is -2.34. The van der Waals surface area contributed by atoms with Crippen LogP contribution in [0, 0.1) is 12.7 Å². The molecule has 0 bridgehead atoms. The van der Waals surface area contributed by atoms with Crippen molar-refractivity contribution in [3.05, 3.63) is 102 Å². The Morgan fingerprint density at radius 1 is 0.970 bits per heavy atom. The summed E-state index contributed by atoms with van der Waals surface area (Å²) in [6.45, 7) is 2.20. The van der Waals surface area contributed by atoms with Gasteiger partial charge >= 0.3 is 0 Å². The molecule has 3 aromatic carbocycles. The van der Waals surface area contributed by atoms with E-state index in [1.54, 1.807) is 24.3 Å². The van der Waals surface area contributed by atoms with Gasteiger partial charge in [-0.25, -0.2) is 22.8 Å². The lowest BCUT2D eigenvalue weighted by atomic mass is 10.1. The fourth-order valence-electron chi connectivity index (χ4n) is 3.73. The number of hydrogen-bond donors (Lipinski definition) is 0. The van der Waals surface area contributed by atoms with E-state index in [9.17, 15) is 12.8 Å². The zero-order valence-electron chi connectivity index (χ0n) is 17.8. The van der Waals surface area contributed by atoms with Crippen LogP contribution >= 0.6 is 11.8 Å². The first kappa shape index (κ1) is 21.6. The van der Waals surface area contributed by atoms with Crippen molar-refractivity contribution >= 4 is 27.5 Å². The van der Waals surface area contributed by atoms with Crippen molar-refractivity contribution in [2.45, 2.75) is 29.3 Å². The van der Waals surface area contributed by atoms with Crippen LogP contribution in [0.25, 0.3) is 11.3 Å². The third-order valence-corrected chi connectivity index (χ3v) is 8.16. The lowest BCUT2D eigenvalue weighted by molar-refractivity contribution is 0.588. The third kappa shape index (κ3) is 4.12. The smallest absolute Gasteiger partial charge is 0.261 e. The van der Waals surface area contributed by atoms with Crippen molar-refractivity contribution in [1.29, 1.82) is 0 Å². The van der Waals surface area contributed by atoms with E-state index >= 15 is 0 Å². The van der Waals surface area contributed by atoms with Gasteiger partial charge in [0.1, 0.15) is 10.7 Å². The highest BCUT2D eigenvalue weighted by atomic mass is 32.2. The molecule has 0 aliphatic carbocycles. The number of sulfonamides is 1. The summed E-state index contributed by atoms with van der Waals surface area (Å²) in [5.41, 5.74) is 4.22. The average molecular weight is 478 g/mol. The van der Waals surface area contributed by atoms with E-state index in [0.29, 0.717) is 27.9 Å². The van der Waals surface area contributed by atoms with Gasteiger partial charge in [-0.05, 0) is 30.2 Å². The molecule has 4 aromatic rings. The summed E-state index contributed by atoms with van der Waals surface area (Å²) in [5.74, 6) is 0.0574. The molecule has 0 unspecified atom stereocenters. The Labute approximate surface area is 196 Å². The van der Waals surface area contributed by atoms with Crippen LogP contribution in [-0.2, 0) is 22.3 Å². The van der Waals surface area contributed by atoms with Crippen molar-refractivity contribution < 1.29 is 12.8 Å². The van der Waals surface area contributed by atoms with Crippen LogP contribution in [-0.4, -0.2) is 18.4 Å². The van der Waals surface area contributed by atoms with Crippen molar-refractivity contribution in [3.8, 4) is 11.3 Å². The molecule has 0 radical (unpaired) electrons. The van der Waals surface area contributed by atoms with Gasteiger partial charge in [-0.15, -0.1) is 0 Å². The number of aromatic nitrogens is 2. The Balaban J connectivity index is 1.52. The lowest BCUT2D eigenvalue weighted by Gasteiger charge is -2.31. The first-order chi connectivity index (χ1) is 15.9. The van der Waals surface area contributed by atoms with Crippen LogP contribution in [0.5, 0.6) is 0 Å². The highest BCUT2D eigenvalue weighted by Crippen LogP contribution is 2.43. The molecule has 0 spiro atoms. The van der Waals surface area contributed by atoms with E-state index in [0.717, 1.165) is 16.7 Å². The second-order valence-corrected chi connectivity index (χ2v) is 10.5.